The van der Waals surface area contributed by atoms with E-state index in [0.29, 0.717) is 12.8 Å². The number of benzene rings is 1. The Kier molecular flexibility index (Phi) is 5.76. The lowest BCUT2D eigenvalue weighted by atomic mass is 9.98. The molecule has 1 atom stereocenters. The highest BCUT2D eigenvalue weighted by Gasteiger charge is 2.32. The molecule has 1 rings (SSSR count). The number of carbonyl (C=O) groups is 2. The maximum atomic E-state index is 11.9. The summed E-state index contributed by atoms with van der Waals surface area (Å²) in [5, 5.41) is 11.7. The number of nitrogens with zero attached hydrogens (tertiary/aromatic N) is 1. The predicted molar refractivity (Wildman–Crippen MR) is 83.6 cm³/mol. The molecule has 1 amide bonds. The normalized spacial score (nSPS) is 13.3. The molecule has 0 saturated heterocycles. The van der Waals surface area contributed by atoms with Crippen LogP contribution in [0.2, 0.25) is 0 Å². The van der Waals surface area contributed by atoms with Gasteiger partial charge in [-0.3, -0.25) is 4.79 Å². The van der Waals surface area contributed by atoms with Crippen molar-refractivity contribution < 1.29 is 14.7 Å². The van der Waals surface area contributed by atoms with E-state index in [9.17, 15) is 9.59 Å². The smallest absolute Gasteiger partial charge is 0.329 e. The molecule has 0 aliphatic rings. The molecule has 0 radical (unpaired) electrons. The van der Waals surface area contributed by atoms with Gasteiger partial charge in [0, 0.05) is 26.2 Å². The molecule has 2 N–H and O–H groups in total. The fraction of sp³-hybridized carbons (Fsp3) is 0.500. The van der Waals surface area contributed by atoms with Crippen LogP contribution in [0.4, 0.5) is 5.69 Å². The summed E-state index contributed by atoms with van der Waals surface area (Å²) in [7, 11) is 3.94. The molecule has 0 heterocycles. The molecule has 0 spiro atoms. The molecule has 1 aromatic rings. The van der Waals surface area contributed by atoms with Gasteiger partial charge in [-0.1, -0.05) is 19.1 Å². The van der Waals surface area contributed by atoms with E-state index in [1.54, 1.807) is 6.92 Å². The molecule has 5 heteroatoms. The first-order chi connectivity index (χ1) is 9.78. The molecular formula is C16H24N2O3. The monoisotopic (exact) mass is 292 g/mol. The lowest BCUT2D eigenvalue weighted by Gasteiger charge is -2.24. The lowest BCUT2D eigenvalue weighted by molar-refractivity contribution is -0.147. The van der Waals surface area contributed by atoms with Crippen LogP contribution in [0.1, 0.15) is 32.3 Å². The Labute approximate surface area is 126 Å². The van der Waals surface area contributed by atoms with Crippen LogP contribution in [0.3, 0.4) is 0 Å². The molecule has 1 aromatic carbocycles. The van der Waals surface area contributed by atoms with Gasteiger partial charge in [0.2, 0.25) is 5.91 Å². The van der Waals surface area contributed by atoms with Gasteiger partial charge in [-0.2, -0.15) is 0 Å². The van der Waals surface area contributed by atoms with E-state index in [2.05, 4.69) is 5.32 Å². The summed E-state index contributed by atoms with van der Waals surface area (Å²) in [5.41, 5.74) is 0.975. The number of hydrogen-bond acceptors (Lipinski definition) is 3. The van der Waals surface area contributed by atoms with E-state index in [1.165, 1.54) is 6.92 Å². The van der Waals surface area contributed by atoms with Crippen LogP contribution < -0.4 is 10.2 Å². The number of carbonyl (C=O) groups excluding carboxylic acids is 1. The van der Waals surface area contributed by atoms with Gasteiger partial charge < -0.3 is 15.3 Å². The van der Waals surface area contributed by atoms with Gasteiger partial charge in [0.25, 0.3) is 0 Å². The van der Waals surface area contributed by atoms with Crippen molar-refractivity contribution >= 4 is 17.6 Å². The van der Waals surface area contributed by atoms with Crippen molar-refractivity contribution in [3.8, 4) is 0 Å². The van der Waals surface area contributed by atoms with Gasteiger partial charge in [-0.15, -0.1) is 0 Å². The molecule has 1 unspecified atom stereocenters. The third-order valence-corrected chi connectivity index (χ3v) is 3.69. The van der Waals surface area contributed by atoms with Crippen LogP contribution in [0, 0.1) is 0 Å². The Hall–Kier alpha value is -2.04. The molecule has 0 bridgehead atoms. The lowest BCUT2D eigenvalue weighted by Crippen LogP contribution is -2.51. The van der Waals surface area contributed by atoms with E-state index in [-0.39, 0.29) is 12.3 Å². The van der Waals surface area contributed by atoms with Gasteiger partial charge >= 0.3 is 5.97 Å². The topological polar surface area (TPSA) is 69.6 Å². The number of rotatable bonds is 7. The summed E-state index contributed by atoms with van der Waals surface area (Å²) in [6, 6.07) is 7.97. The van der Waals surface area contributed by atoms with E-state index in [0.717, 1.165) is 11.3 Å². The van der Waals surface area contributed by atoms with Crippen molar-refractivity contribution in [2.45, 2.75) is 38.6 Å². The van der Waals surface area contributed by atoms with E-state index < -0.39 is 11.5 Å². The predicted octanol–water partition coefficient (Wildman–Crippen LogP) is 2.05. The van der Waals surface area contributed by atoms with Crippen LogP contribution in [0.25, 0.3) is 0 Å². The Bertz CT molecular complexity index is 497. The zero-order valence-corrected chi connectivity index (χ0v) is 13.1. The number of carboxylic acid groups (broad SMARTS) is 1. The Morgan fingerprint density at radius 3 is 2.24 bits per heavy atom. The minimum absolute atomic E-state index is 0.238. The molecule has 0 aromatic heterocycles. The first-order valence-electron chi connectivity index (χ1n) is 7.09. The van der Waals surface area contributed by atoms with Crippen molar-refractivity contribution in [1.29, 1.82) is 0 Å². The molecule has 116 valence electrons. The van der Waals surface area contributed by atoms with Crippen LogP contribution in [0.15, 0.2) is 24.3 Å². The Morgan fingerprint density at radius 1 is 1.24 bits per heavy atom. The second-order valence-electron chi connectivity index (χ2n) is 5.60. The van der Waals surface area contributed by atoms with Crippen molar-refractivity contribution in [1.82, 2.24) is 5.32 Å². The Morgan fingerprint density at radius 2 is 1.81 bits per heavy atom. The quantitative estimate of drug-likeness (QED) is 0.807. The third-order valence-electron chi connectivity index (χ3n) is 3.69. The minimum atomic E-state index is -1.19. The SMILES string of the molecule is CCC(C)(NC(=O)CCc1ccc(N(C)C)cc1)C(=O)O. The van der Waals surface area contributed by atoms with Crippen molar-refractivity contribution in [2.24, 2.45) is 0 Å². The van der Waals surface area contributed by atoms with Crippen LogP contribution >= 0.6 is 0 Å². The second kappa shape index (κ2) is 7.11. The average Bonchev–Trinajstić information content (AvgIpc) is 2.45. The first-order valence-corrected chi connectivity index (χ1v) is 7.09. The number of aryl methyl sites for hydroxylation is 1. The summed E-state index contributed by atoms with van der Waals surface area (Å²) in [6.07, 6.45) is 1.23. The minimum Gasteiger partial charge on any atom is -0.480 e. The van der Waals surface area contributed by atoms with E-state index >= 15 is 0 Å². The number of amides is 1. The molecular weight excluding hydrogens is 268 g/mol. The highest BCUT2D eigenvalue weighted by molar-refractivity contribution is 5.86. The van der Waals surface area contributed by atoms with Crippen molar-refractivity contribution in [3.63, 3.8) is 0 Å². The van der Waals surface area contributed by atoms with E-state index in [4.69, 9.17) is 5.11 Å². The van der Waals surface area contributed by atoms with Crippen molar-refractivity contribution in [3.05, 3.63) is 29.8 Å². The number of anilines is 1. The van der Waals surface area contributed by atoms with E-state index in [1.807, 2.05) is 43.3 Å². The highest BCUT2D eigenvalue weighted by atomic mass is 16.4. The molecule has 0 aliphatic heterocycles. The number of carboxylic acids is 1. The average molecular weight is 292 g/mol. The number of nitrogens with one attached hydrogen (secondary N) is 1. The van der Waals surface area contributed by atoms with Gasteiger partial charge in [0.05, 0.1) is 0 Å². The summed E-state index contributed by atoms with van der Waals surface area (Å²) >= 11 is 0. The molecule has 21 heavy (non-hydrogen) atoms. The fourth-order valence-corrected chi connectivity index (χ4v) is 1.88. The Balaban J connectivity index is 2.55. The summed E-state index contributed by atoms with van der Waals surface area (Å²) in [6.45, 7) is 3.27. The fourth-order valence-electron chi connectivity index (χ4n) is 1.88. The molecule has 0 aliphatic carbocycles. The van der Waals surface area contributed by atoms with Crippen LogP contribution in [-0.2, 0) is 16.0 Å². The number of aliphatic carboxylic acids is 1. The summed E-state index contributed by atoms with van der Waals surface area (Å²) in [4.78, 5) is 25.0. The molecule has 5 nitrogen and oxygen atoms in total. The van der Waals surface area contributed by atoms with Gasteiger partial charge in [0.1, 0.15) is 5.54 Å². The summed E-state index contributed by atoms with van der Waals surface area (Å²) in [5.74, 6) is -1.24. The first kappa shape index (κ1) is 17.0. The van der Waals surface area contributed by atoms with Gasteiger partial charge in [-0.05, 0) is 37.5 Å². The molecule has 0 saturated carbocycles. The molecule has 0 fully saturated rings. The number of hydrogen-bond donors (Lipinski definition) is 2. The van der Waals surface area contributed by atoms with Crippen molar-refractivity contribution in [2.75, 3.05) is 19.0 Å². The highest BCUT2D eigenvalue weighted by Crippen LogP contribution is 2.14. The zero-order valence-electron chi connectivity index (χ0n) is 13.1. The van der Waals surface area contributed by atoms with Gasteiger partial charge in [-0.25, -0.2) is 4.79 Å². The maximum absolute atomic E-state index is 11.9. The zero-order chi connectivity index (χ0) is 16.0. The second-order valence-corrected chi connectivity index (χ2v) is 5.60. The summed E-state index contributed by atoms with van der Waals surface area (Å²) < 4.78 is 0. The van der Waals surface area contributed by atoms with Crippen LogP contribution in [-0.4, -0.2) is 36.6 Å². The standard InChI is InChI=1S/C16H24N2O3/c1-5-16(2,15(20)21)17-14(19)11-8-12-6-9-13(10-7-12)18(3)4/h6-7,9-10H,5,8,11H2,1-4H3,(H,17,19)(H,20,21). The van der Waals surface area contributed by atoms with Gasteiger partial charge in [0.15, 0.2) is 0 Å². The largest absolute Gasteiger partial charge is 0.480 e. The maximum Gasteiger partial charge on any atom is 0.329 e. The third kappa shape index (κ3) is 4.77. The van der Waals surface area contributed by atoms with Crippen LogP contribution in [0.5, 0.6) is 0 Å².